The summed E-state index contributed by atoms with van der Waals surface area (Å²) in [5, 5.41) is 3.28. The first-order valence-corrected chi connectivity index (χ1v) is 6.90. The molecule has 1 atom stereocenters. The first kappa shape index (κ1) is 14.2. The molecule has 1 aliphatic rings. The summed E-state index contributed by atoms with van der Waals surface area (Å²) in [6.07, 6.45) is 0. The monoisotopic (exact) mass is 263 g/mol. The Hall–Kier alpha value is -1.26. The number of piperazine rings is 1. The van der Waals surface area contributed by atoms with Crippen molar-refractivity contribution in [2.45, 2.75) is 13.0 Å². The molecule has 1 heterocycles. The Kier molecular flexibility index (Phi) is 4.66. The SMILES string of the molecule is CNCC1CN(c2cc(C)ccc2OC)CCN1C. The van der Waals surface area contributed by atoms with Crippen molar-refractivity contribution in [2.75, 3.05) is 52.3 Å². The molecule has 2 rings (SSSR count). The third kappa shape index (κ3) is 3.19. The van der Waals surface area contributed by atoms with Crippen molar-refractivity contribution < 1.29 is 4.74 Å². The topological polar surface area (TPSA) is 27.7 Å². The summed E-state index contributed by atoms with van der Waals surface area (Å²) < 4.78 is 5.50. The molecule has 0 amide bonds. The zero-order valence-electron chi connectivity index (χ0n) is 12.4. The Morgan fingerprint density at radius 3 is 2.84 bits per heavy atom. The van der Waals surface area contributed by atoms with Crippen molar-refractivity contribution in [3.8, 4) is 5.75 Å². The Morgan fingerprint density at radius 1 is 1.37 bits per heavy atom. The van der Waals surface area contributed by atoms with E-state index in [1.165, 1.54) is 11.3 Å². The Morgan fingerprint density at radius 2 is 2.16 bits per heavy atom. The second-order valence-electron chi connectivity index (χ2n) is 5.31. The van der Waals surface area contributed by atoms with Crippen LogP contribution in [0.4, 0.5) is 5.69 Å². The number of nitrogens with zero attached hydrogens (tertiary/aromatic N) is 2. The summed E-state index contributed by atoms with van der Waals surface area (Å²) in [4.78, 5) is 4.86. The largest absolute Gasteiger partial charge is 0.495 e. The molecule has 0 spiro atoms. The van der Waals surface area contributed by atoms with Crippen LogP contribution in [0.3, 0.4) is 0 Å². The fourth-order valence-corrected chi connectivity index (χ4v) is 2.67. The number of ether oxygens (including phenoxy) is 1. The van der Waals surface area contributed by atoms with E-state index < -0.39 is 0 Å². The Bertz CT molecular complexity index is 422. The highest BCUT2D eigenvalue weighted by atomic mass is 16.5. The van der Waals surface area contributed by atoms with Gasteiger partial charge < -0.3 is 15.0 Å². The summed E-state index contributed by atoms with van der Waals surface area (Å²) in [5.74, 6) is 0.971. The molecular formula is C15H25N3O. The zero-order chi connectivity index (χ0) is 13.8. The number of nitrogens with one attached hydrogen (secondary N) is 1. The molecule has 0 radical (unpaired) electrons. The summed E-state index contributed by atoms with van der Waals surface area (Å²) in [7, 11) is 5.96. The number of hydrogen-bond donors (Lipinski definition) is 1. The molecule has 19 heavy (non-hydrogen) atoms. The molecule has 0 saturated carbocycles. The van der Waals surface area contributed by atoms with Crippen molar-refractivity contribution in [1.29, 1.82) is 0 Å². The van der Waals surface area contributed by atoms with Crippen LogP contribution in [-0.2, 0) is 0 Å². The van der Waals surface area contributed by atoms with Gasteiger partial charge in [-0.3, -0.25) is 4.90 Å². The number of rotatable bonds is 4. The molecule has 1 unspecified atom stereocenters. The van der Waals surface area contributed by atoms with Crippen LogP contribution in [0.15, 0.2) is 18.2 Å². The standard InChI is InChI=1S/C15H25N3O/c1-12-5-6-15(19-4)14(9-12)18-8-7-17(3)13(11-18)10-16-2/h5-6,9,13,16H,7-8,10-11H2,1-4H3. The van der Waals surface area contributed by atoms with Crippen LogP contribution in [0.5, 0.6) is 5.75 Å². The van der Waals surface area contributed by atoms with E-state index in [4.69, 9.17) is 4.74 Å². The van der Waals surface area contributed by atoms with Gasteiger partial charge in [-0.1, -0.05) is 6.07 Å². The zero-order valence-corrected chi connectivity index (χ0v) is 12.4. The van der Waals surface area contributed by atoms with Crippen molar-refractivity contribution in [1.82, 2.24) is 10.2 Å². The lowest BCUT2D eigenvalue weighted by atomic mass is 10.1. The average molecular weight is 263 g/mol. The van der Waals surface area contributed by atoms with Gasteiger partial charge in [0, 0.05) is 32.2 Å². The van der Waals surface area contributed by atoms with E-state index >= 15 is 0 Å². The quantitative estimate of drug-likeness (QED) is 0.887. The van der Waals surface area contributed by atoms with Crippen molar-refractivity contribution >= 4 is 5.69 Å². The lowest BCUT2D eigenvalue weighted by molar-refractivity contribution is 0.215. The minimum atomic E-state index is 0.545. The van der Waals surface area contributed by atoms with Gasteiger partial charge in [-0.15, -0.1) is 0 Å². The molecule has 1 aromatic rings. The number of anilines is 1. The Balaban J connectivity index is 2.19. The maximum absolute atomic E-state index is 5.50. The third-order valence-corrected chi connectivity index (χ3v) is 3.89. The molecule has 1 N–H and O–H groups in total. The lowest BCUT2D eigenvalue weighted by Gasteiger charge is -2.41. The van der Waals surface area contributed by atoms with Crippen molar-refractivity contribution in [3.63, 3.8) is 0 Å². The molecule has 4 nitrogen and oxygen atoms in total. The van der Waals surface area contributed by atoms with Gasteiger partial charge in [0.2, 0.25) is 0 Å². The molecule has 106 valence electrons. The molecule has 1 aliphatic heterocycles. The van der Waals surface area contributed by atoms with Crippen LogP contribution in [0.2, 0.25) is 0 Å². The van der Waals surface area contributed by atoms with E-state index in [1.54, 1.807) is 7.11 Å². The number of methoxy groups -OCH3 is 1. The molecule has 1 saturated heterocycles. The maximum atomic E-state index is 5.50. The highest BCUT2D eigenvalue weighted by molar-refractivity contribution is 5.60. The fraction of sp³-hybridized carbons (Fsp3) is 0.600. The fourth-order valence-electron chi connectivity index (χ4n) is 2.67. The first-order chi connectivity index (χ1) is 9.15. The minimum Gasteiger partial charge on any atom is -0.495 e. The first-order valence-electron chi connectivity index (χ1n) is 6.90. The second-order valence-corrected chi connectivity index (χ2v) is 5.31. The van der Waals surface area contributed by atoms with Gasteiger partial charge in [0.15, 0.2) is 0 Å². The van der Waals surface area contributed by atoms with Gasteiger partial charge in [-0.2, -0.15) is 0 Å². The third-order valence-electron chi connectivity index (χ3n) is 3.89. The van der Waals surface area contributed by atoms with Gasteiger partial charge in [0.1, 0.15) is 5.75 Å². The minimum absolute atomic E-state index is 0.545. The normalized spacial score (nSPS) is 20.6. The summed E-state index contributed by atoms with van der Waals surface area (Å²) in [6.45, 7) is 6.32. The molecule has 0 aromatic heterocycles. The summed E-state index contributed by atoms with van der Waals surface area (Å²) in [6, 6.07) is 6.93. The van der Waals surface area contributed by atoms with E-state index in [1.807, 2.05) is 7.05 Å². The summed E-state index contributed by atoms with van der Waals surface area (Å²) >= 11 is 0. The Labute approximate surface area is 116 Å². The van der Waals surface area contributed by atoms with Gasteiger partial charge in [-0.25, -0.2) is 0 Å². The summed E-state index contributed by atoms with van der Waals surface area (Å²) in [5.41, 5.74) is 2.50. The van der Waals surface area contributed by atoms with E-state index in [0.29, 0.717) is 6.04 Å². The molecule has 0 bridgehead atoms. The predicted octanol–water partition coefficient (Wildman–Crippen LogP) is 1.34. The van der Waals surface area contributed by atoms with E-state index in [2.05, 4.69) is 47.3 Å². The highest BCUT2D eigenvalue weighted by Crippen LogP contribution is 2.30. The predicted molar refractivity (Wildman–Crippen MR) is 80.3 cm³/mol. The van der Waals surface area contributed by atoms with Crippen LogP contribution in [0.1, 0.15) is 5.56 Å². The second kappa shape index (κ2) is 6.26. The van der Waals surface area contributed by atoms with Crippen LogP contribution in [0, 0.1) is 6.92 Å². The van der Waals surface area contributed by atoms with Crippen LogP contribution >= 0.6 is 0 Å². The van der Waals surface area contributed by atoms with E-state index in [-0.39, 0.29) is 0 Å². The maximum Gasteiger partial charge on any atom is 0.142 e. The number of hydrogen-bond acceptors (Lipinski definition) is 4. The molecule has 4 heteroatoms. The molecule has 0 aliphatic carbocycles. The number of aryl methyl sites for hydroxylation is 1. The van der Waals surface area contributed by atoms with Gasteiger partial charge in [0.25, 0.3) is 0 Å². The van der Waals surface area contributed by atoms with Gasteiger partial charge in [0.05, 0.1) is 12.8 Å². The van der Waals surface area contributed by atoms with E-state index in [9.17, 15) is 0 Å². The van der Waals surface area contributed by atoms with Crippen LogP contribution in [-0.4, -0.2) is 58.3 Å². The molecule has 1 aromatic carbocycles. The highest BCUT2D eigenvalue weighted by Gasteiger charge is 2.25. The van der Waals surface area contributed by atoms with Gasteiger partial charge in [-0.05, 0) is 38.7 Å². The number of benzene rings is 1. The molecular weight excluding hydrogens is 238 g/mol. The average Bonchev–Trinajstić information content (AvgIpc) is 2.41. The van der Waals surface area contributed by atoms with E-state index in [0.717, 1.165) is 31.9 Å². The van der Waals surface area contributed by atoms with Crippen molar-refractivity contribution in [3.05, 3.63) is 23.8 Å². The van der Waals surface area contributed by atoms with Crippen LogP contribution < -0.4 is 15.0 Å². The number of likely N-dealkylation sites (N-methyl/N-ethyl adjacent to an activating group) is 2. The van der Waals surface area contributed by atoms with Crippen LogP contribution in [0.25, 0.3) is 0 Å². The molecule has 1 fully saturated rings. The van der Waals surface area contributed by atoms with Gasteiger partial charge >= 0.3 is 0 Å². The van der Waals surface area contributed by atoms with Crippen molar-refractivity contribution in [2.24, 2.45) is 0 Å². The lowest BCUT2D eigenvalue weighted by Crippen LogP contribution is -2.54. The smallest absolute Gasteiger partial charge is 0.142 e.